The van der Waals surface area contributed by atoms with Gasteiger partial charge in [0.1, 0.15) is 0 Å². The van der Waals surface area contributed by atoms with E-state index in [0.717, 1.165) is 14.5 Å². The number of hydrogen-bond acceptors (Lipinski definition) is 1. The smallest absolute Gasteiger partial charge is 0.0250 e. The maximum atomic E-state index is 3.74. The molecule has 0 saturated carbocycles. The Morgan fingerprint density at radius 2 is 2.67 bits per heavy atom. The lowest BCUT2D eigenvalue weighted by Gasteiger charge is -1.68. The molecule has 0 radical (unpaired) electrons. The summed E-state index contributed by atoms with van der Waals surface area (Å²) in [6.07, 6.45) is 2.80. The van der Waals surface area contributed by atoms with E-state index in [1.807, 2.05) is 6.08 Å². The molecular weight excluding hydrogens is 112 g/mol. The van der Waals surface area contributed by atoms with E-state index in [1.54, 1.807) is 0 Å². The van der Waals surface area contributed by atoms with Crippen LogP contribution in [0.15, 0.2) is 17.2 Å². The standard InChI is InChI=1S/C3H7NP2/c1-2-3-6-4-5/h2H,1,3,5H2. The van der Waals surface area contributed by atoms with Gasteiger partial charge in [-0.1, -0.05) is 6.08 Å². The lowest BCUT2D eigenvalue weighted by Crippen LogP contribution is -1.48. The molecule has 0 aromatic carbocycles. The second-order valence-corrected chi connectivity index (χ2v) is 2.30. The van der Waals surface area contributed by atoms with Gasteiger partial charge >= 0.3 is 0 Å². The summed E-state index contributed by atoms with van der Waals surface area (Å²) in [5, 5.41) is 0. The van der Waals surface area contributed by atoms with Gasteiger partial charge in [-0.15, -0.1) is 6.58 Å². The summed E-state index contributed by atoms with van der Waals surface area (Å²) in [5.74, 6) is 0. The molecule has 0 aliphatic rings. The van der Waals surface area contributed by atoms with E-state index in [1.165, 1.54) is 0 Å². The van der Waals surface area contributed by atoms with Crippen molar-refractivity contribution in [1.82, 2.24) is 0 Å². The van der Waals surface area contributed by atoms with Crippen LogP contribution in [0.5, 0.6) is 0 Å². The lowest BCUT2D eigenvalue weighted by atomic mass is 10.8. The van der Waals surface area contributed by atoms with E-state index < -0.39 is 0 Å². The Hall–Kier alpha value is 0.270. The van der Waals surface area contributed by atoms with Crippen molar-refractivity contribution in [2.45, 2.75) is 0 Å². The highest BCUT2D eigenvalue weighted by atomic mass is 31.1. The van der Waals surface area contributed by atoms with Crippen molar-refractivity contribution >= 4 is 17.8 Å². The molecule has 0 aliphatic carbocycles. The minimum atomic E-state index is 0.962. The van der Waals surface area contributed by atoms with Gasteiger partial charge in [0, 0.05) is 14.5 Å². The molecule has 0 aromatic heterocycles. The maximum absolute atomic E-state index is 3.74. The number of hydrogen-bond donors (Lipinski definition) is 0. The molecule has 0 spiro atoms. The van der Waals surface area contributed by atoms with Gasteiger partial charge in [0.2, 0.25) is 0 Å². The van der Waals surface area contributed by atoms with Gasteiger partial charge < -0.3 is 0 Å². The van der Waals surface area contributed by atoms with Crippen molar-refractivity contribution < 1.29 is 0 Å². The van der Waals surface area contributed by atoms with Crippen molar-refractivity contribution in [2.75, 3.05) is 6.16 Å². The Bertz CT molecular complexity index is 59.8. The molecule has 0 bridgehead atoms. The number of allylic oxidation sites excluding steroid dienone is 1. The van der Waals surface area contributed by atoms with E-state index in [-0.39, 0.29) is 0 Å². The van der Waals surface area contributed by atoms with Crippen LogP contribution in [-0.4, -0.2) is 6.16 Å². The van der Waals surface area contributed by atoms with Crippen LogP contribution in [0.2, 0.25) is 0 Å². The molecule has 1 atom stereocenters. The third-order valence-electron chi connectivity index (χ3n) is 0.292. The molecule has 1 unspecified atom stereocenters. The largest absolute Gasteiger partial charge is 0.252 e. The minimum absolute atomic E-state index is 0.962. The highest BCUT2D eigenvalue weighted by Gasteiger charge is 1.60. The van der Waals surface area contributed by atoms with E-state index in [2.05, 4.69) is 20.5 Å². The average Bonchev–Trinajstić information content (AvgIpc) is 1.61. The zero-order valence-corrected chi connectivity index (χ0v) is 5.51. The van der Waals surface area contributed by atoms with E-state index in [0.29, 0.717) is 0 Å². The molecule has 0 saturated heterocycles. The predicted molar refractivity (Wildman–Crippen MR) is 34.1 cm³/mol. The molecule has 0 rings (SSSR count). The zero-order valence-electron chi connectivity index (χ0n) is 3.46. The molecule has 0 heterocycles. The molecule has 0 N–H and O–H groups in total. The van der Waals surface area contributed by atoms with Crippen LogP contribution < -0.4 is 0 Å². The first-order chi connectivity index (χ1) is 2.91. The fourth-order valence-corrected chi connectivity index (χ4v) is 0.597. The summed E-state index contributed by atoms with van der Waals surface area (Å²) in [4.78, 5) is 0. The second kappa shape index (κ2) is 5.27. The van der Waals surface area contributed by atoms with Crippen LogP contribution in [0.25, 0.3) is 0 Å². The third kappa shape index (κ3) is 4.27. The quantitative estimate of drug-likeness (QED) is 0.389. The van der Waals surface area contributed by atoms with Gasteiger partial charge in [-0.25, -0.2) is 0 Å². The van der Waals surface area contributed by atoms with Crippen LogP contribution in [0, 0.1) is 0 Å². The highest BCUT2D eigenvalue weighted by molar-refractivity contribution is 7.35. The Labute approximate surface area is 42.0 Å². The van der Waals surface area contributed by atoms with Gasteiger partial charge in [-0.05, 0) is 9.39 Å². The first-order valence-electron chi connectivity index (χ1n) is 1.59. The molecule has 34 valence electrons. The second-order valence-electron chi connectivity index (χ2n) is 0.728. The fraction of sp³-hybridized carbons (Fsp3) is 0.333. The molecule has 3 heteroatoms. The molecule has 0 amide bonds. The molecule has 0 aliphatic heterocycles. The van der Waals surface area contributed by atoms with Crippen molar-refractivity contribution in [3.63, 3.8) is 0 Å². The monoisotopic (exact) mass is 119 g/mol. The SMILES string of the molecule is C=CCP=NP. The van der Waals surface area contributed by atoms with Gasteiger partial charge in [0.05, 0.1) is 0 Å². The summed E-state index contributed by atoms with van der Waals surface area (Å²) in [7, 11) is 3.38. The Morgan fingerprint density at radius 3 is 2.83 bits per heavy atom. The van der Waals surface area contributed by atoms with Gasteiger partial charge in [0.25, 0.3) is 0 Å². The van der Waals surface area contributed by atoms with Crippen LogP contribution in [-0.2, 0) is 0 Å². The lowest BCUT2D eigenvalue weighted by molar-refractivity contribution is 1.80. The van der Waals surface area contributed by atoms with Crippen LogP contribution in [0.4, 0.5) is 0 Å². The van der Waals surface area contributed by atoms with Crippen LogP contribution in [0.3, 0.4) is 0 Å². The van der Waals surface area contributed by atoms with Crippen molar-refractivity contribution in [1.29, 1.82) is 0 Å². The predicted octanol–water partition coefficient (Wildman–Crippen LogP) is 2.09. The van der Waals surface area contributed by atoms with E-state index >= 15 is 0 Å². The van der Waals surface area contributed by atoms with Crippen LogP contribution >= 0.6 is 17.8 Å². The minimum Gasteiger partial charge on any atom is -0.252 e. The zero-order chi connectivity index (χ0) is 4.83. The van der Waals surface area contributed by atoms with Gasteiger partial charge in [-0.3, -0.25) is 4.52 Å². The summed E-state index contributed by atoms with van der Waals surface area (Å²) in [5.41, 5.74) is 0. The molecule has 1 nitrogen and oxygen atoms in total. The van der Waals surface area contributed by atoms with Gasteiger partial charge in [-0.2, -0.15) is 0 Å². The normalized spacial score (nSPS) is 9.50. The summed E-state index contributed by atoms with van der Waals surface area (Å²) in [6, 6.07) is 0. The average molecular weight is 119 g/mol. The molecule has 0 aromatic rings. The molecule has 0 fully saturated rings. The fourth-order valence-electron chi connectivity index (χ4n) is 0.105. The summed E-state index contributed by atoms with van der Waals surface area (Å²) in [6.45, 7) is 3.52. The Kier molecular flexibility index (Phi) is 5.51. The number of rotatable bonds is 2. The molecule has 6 heavy (non-hydrogen) atoms. The molecular formula is C3H7NP2. The van der Waals surface area contributed by atoms with Gasteiger partial charge in [0.15, 0.2) is 0 Å². The first-order valence-corrected chi connectivity index (χ1v) is 3.14. The maximum Gasteiger partial charge on any atom is 0.0250 e. The van der Waals surface area contributed by atoms with E-state index in [4.69, 9.17) is 0 Å². The van der Waals surface area contributed by atoms with Crippen LogP contribution in [0.1, 0.15) is 0 Å². The van der Waals surface area contributed by atoms with Crippen molar-refractivity contribution in [2.24, 2.45) is 4.52 Å². The van der Waals surface area contributed by atoms with E-state index in [9.17, 15) is 0 Å². The Morgan fingerprint density at radius 1 is 2.00 bits per heavy atom. The summed E-state index contributed by atoms with van der Waals surface area (Å²) >= 11 is 0. The number of nitrogens with zero attached hydrogens (tertiary/aromatic N) is 1. The third-order valence-corrected chi connectivity index (χ3v) is 1.37. The Balaban J connectivity index is 2.85. The summed E-state index contributed by atoms with van der Waals surface area (Å²) < 4.78 is 3.74. The van der Waals surface area contributed by atoms with Crippen molar-refractivity contribution in [3.8, 4) is 0 Å². The highest BCUT2D eigenvalue weighted by Crippen LogP contribution is 2.01. The first kappa shape index (κ1) is 6.27. The topological polar surface area (TPSA) is 12.4 Å². The van der Waals surface area contributed by atoms with Crippen molar-refractivity contribution in [3.05, 3.63) is 12.7 Å².